The third kappa shape index (κ3) is 5.11. The summed E-state index contributed by atoms with van der Waals surface area (Å²) in [6.07, 6.45) is 0. The van der Waals surface area contributed by atoms with E-state index < -0.39 is 0 Å². The van der Waals surface area contributed by atoms with E-state index in [1.54, 1.807) is 7.05 Å². The van der Waals surface area contributed by atoms with E-state index in [4.69, 9.17) is 4.74 Å². The van der Waals surface area contributed by atoms with Gasteiger partial charge in [0.2, 0.25) is 5.82 Å². The van der Waals surface area contributed by atoms with E-state index in [1.165, 1.54) is 16.3 Å². The Balaban J connectivity index is 1.70. The maximum absolute atomic E-state index is 12.6. The van der Waals surface area contributed by atoms with Crippen molar-refractivity contribution in [2.45, 2.75) is 17.8 Å². The van der Waals surface area contributed by atoms with E-state index in [0.29, 0.717) is 17.5 Å². The van der Waals surface area contributed by atoms with Crippen LogP contribution >= 0.6 is 27.7 Å². The summed E-state index contributed by atoms with van der Waals surface area (Å²) >= 11 is 4.89. The molecule has 1 heterocycles. The molecule has 0 aliphatic heterocycles. The second-order valence-electron chi connectivity index (χ2n) is 5.69. The topological polar surface area (TPSA) is 69.0 Å². The van der Waals surface area contributed by atoms with Crippen molar-refractivity contribution in [1.82, 2.24) is 14.8 Å². The van der Waals surface area contributed by atoms with Gasteiger partial charge in [0.1, 0.15) is 5.75 Å². The molecule has 0 saturated carbocycles. The van der Waals surface area contributed by atoms with Crippen molar-refractivity contribution < 1.29 is 4.74 Å². The van der Waals surface area contributed by atoms with Crippen LogP contribution in [-0.4, -0.2) is 21.4 Å². The zero-order valence-corrected chi connectivity index (χ0v) is 17.4. The Labute approximate surface area is 170 Å². The summed E-state index contributed by atoms with van der Waals surface area (Å²) < 4.78 is 7.96. The van der Waals surface area contributed by atoms with Crippen LogP contribution < -0.4 is 15.6 Å². The summed E-state index contributed by atoms with van der Waals surface area (Å²) in [5.74, 6) is 1.68. The third-order valence-electron chi connectivity index (χ3n) is 3.74. The maximum Gasteiger partial charge on any atom is 0.297 e. The fraction of sp³-hybridized carbons (Fsp3) is 0.211. The standard InChI is InChI=1S/C19H19BrN4O2S/c1-3-26-16-10-8-15(9-11-16)21-17-18(25)24(2)19(23-22-17)27-12-13-4-6-14(20)7-5-13/h4-11H,3,12H2,1-2H3,(H,21,22). The predicted molar refractivity (Wildman–Crippen MR) is 112 cm³/mol. The van der Waals surface area contributed by atoms with Gasteiger partial charge in [0.15, 0.2) is 5.16 Å². The quantitative estimate of drug-likeness (QED) is 0.543. The van der Waals surface area contributed by atoms with Crippen molar-refractivity contribution >= 4 is 39.2 Å². The minimum Gasteiger partial charge on any atom is -0.494 e. The molecule has 0 aliphatic rings. The summed E-state index contributed by atoms with van der Waals surface area (Å²) in [5.41, 5.74) is 1.67. The molecule has 3 aromatic rings. The van der Waals surface area contributed by atoms with Crippen molar-refractivity contribution in [2.24, 2.45) is 7.05 Å². The molecule has 2 aromatic carbocycles. The Hall–Kier alpha value is -2.32. The molecule has 0 bridgehead atoms. The number of thioether (sulfide) groups is 1. The number of benzene rings is 2. The minimum absolute atomic E-state index is 0.189. The number of hydrogen-bond acceptors (Lipinski definition) is 6. The van der Waals surface area contributed by atoms with Gasteiger partial charge in [0.25, 0.3) is 5.56 Å². The SMILES string of the molecule is CCOc1ccc(Nc2nnc(SCc3ccc(Br)cc3)n(C)c2=O)cc1. The Morgan fingerprint density at radius 2 is 1.81 bits per heavy atom. The third-order valence-corrected chi connectivity index (χ3v) is 5.36. The zero-order chi connectivity index (χ0) is 19.2. The van der Waals surface area contributed by atoms with Gasteiger partial charge in [-0.15, -0.1) is 10.2 Å². The first-order valence-electron chi connectivity index (χ1n) is 8.37. The molecule has 0 unspecified atom stereocenters. The first-order chi connectivity index (χ1) is 13.1. The van der Waals surface area contributed by atoms with E-state index in [1.807, 2.05) is 55.5 Å². The molecule has 0 aliphatic carbocycles. The van der Waals surface area contributed by atoms with E-state index in [9.17, 15) is 4.79 Å². The smallest absolute Gasteiger partial charge is 0.297 e. The molecule has 1 N–H and O–H groups in total. The number of halogens is 1. The van der Waals surface area contributed by atoms with Crippen molar-refractivity contribution in [3.8, 4) is 5.75 Å². The molecular weight excluding hydrogens is 428 g/mol. The lowest BCUT2D eigenvalue weighted by molar-refractivity contribution is 0.340. The van der Waals surface area contributed by atoms with Crippen LogP contribution in [0.3, 0.4) is 0 Å². The lowest BCUT2D eigenvalue weighted by Gasteiger charge is -2.10. The number of rotatable bonds is 7. The van der Waals surface area contributed by atoms with Gasteiger partial charge in [0.05, 0.1) is 6.61 Å². The Bertz CT molecular complexity index is 959. The molecule has 27 heavy (non-hydrogen) atoms. The second kappa shape index (κ2) is 9.05. The van der Waals surface area contributed by atoms with E-state index in [-0.39, 0.29) is 11.4 Å². The Kier molecular flexibility index (Phi) is 6.52. The van der Waals surface area contributed by atoms with Crippen molar-refractivity contribution in [2.75, 3.05) is 11.9 Å². The summed E-state index contributed by atoms with van der Waals surface area (Å²) in [6, 6.07) is 15.4. The first kappa shape index (κ1) is 19.4. The number of nitrogens with one attached hydrogen (secondary N) is 1. The summed E-state index contributed by atoms with van der Waals surface area (Å²) in [4.78, 5) is 12.6. The number of anilines is 2. The second-order valence-corrected chi connectivity index (χ2v) is 7.55. The summed E-state index contributed by atoms with van der Waals surface area (Å²) in [7, 11) is 1.70. The van der Waals surface area contributed by atoms with Crippen LogP contribution in [0.25, 0.3) is 0 Å². The predicted octanol–water partition coefficient (Wildman–Crippen LogP) is 4.37. The number of aromatic nitrogens is 3. The van der Waals surface area contributed by atoms with E-state index >= 15 is 0 Å². The number of ether oxygens (including phenoxy) is 1. The van der Waals surface area contributed by atoms with Crippen molar-refractivity contribution in [3.63, 3.8) is 0 Å². The monoisotopic (exact) mass is 446 g/mol. The maximum atomic E-state index is 12.6. The average molecular weight is 447 g/mol. The molecule has 1 aromatic heterocycles. The van der Waals surface area contributed by atoms with E-state index in [0.717, 1.165) is 21.5 Å². The molecule has 140 valence electrons. The largest absolute Gasteiger partial charge is 0.494 e. The molecule has 8 heteroatoms. The van der Waals surface area contributed by atoms with Crippen LogP contribution in [-0.2, 0) is 12.8 Å². The van der Waals surface area contributed by atoms with Gasteiger partial charge in [-0.2, -0.15) is 0 Å². The van der Waals surface area contributed by atoms with Crippen LogP contribution in [0.4, 0.5) is 11.5 Å². The minimum atomic E-state index is -0.225. The number of hydrogen-bond donors (Lipinski definition) is 1. The molecule has 0 spiro atoms. The van der Waals surface area contributed by atoms with Crippen molar-refractivity contribution in [3.05, 3.63) is 68.9 Å². The van der Waals surface area contributed by atoms with Crippen LogP contribution in [0.5, 0.6) is 5.75 Å². The lowest BCUT2D eigenvalue weighted by Crippen LogP contribution is -2.24. The summed E-state index contributed by atoms with van der Waals surface area (Å²) in [6.45, 7) is 2.54. The number of nitrogens with zero attached hydrogens (tertiary/aromatic N) is 3. The Morgan fingerprint density at radius 3 is 2.48 bits per heavy atom. The van der Waals surface area contributed by atoms with Gasteiger partial charge >= 0.3 is 0 Å². The zero-order valence-electron chi connectivity index (χ0n) is 15.0. The van der Waals surface area contributed by atoms with Crippen LogP contribution in [0, 0.1) is 0 Å². The molecule has 0 saturated heterocycles. The molecule has 0 amide bonds. The fourth-order valence-corrected chi connectivity index (χ4v) is 3.45. The lowest BCUT2D eigenvalue weighted by atomic mass is 10.2. The molecule has 0 atom stereocenters. The van der Waals surface area contributed by atoms with Crippen LogP contribution in [0.1, 0.15) is 12.5 Å². The molecule has 6 nitrogen and oxygen atoms in total. The van der Waals surface area contributed by atoms with Crippen LogP contribution in [0.15, 0.2) is 63.0 Å². The highest BCUT2D eigenvalue weighted by Gasteiger charge is 2.10. The molecule has 0 radical (unpaired) electrons. The average Bonchev–Trinajstić information content (AvgIpc) is 2.68. The van der Waals surface area contributed by atoms with Gasteiger partial charge in [-0.05, 0) is 48.9 Å². The van der Waals surface area contributed by atoms with E-state index in [2.05, 4.69) is 31.4 Å². The highest BCUT2D eigenvalue weighted by molar-refractivity contribution is 9.10. The van der Waals surface area contributed by atoms with Gasteiger partial charge in [-0.1, -0.05) is 39.8 Å². The van der Waals surface area contributed by atoms with Gasteiger partial charge in [-0.3, -0.25) is 9.36 Å². The fourth-order valence-electron chi connectivity index (χ4n) is 2.32. The highest BCUT2D eigenvalue weighted by Crippen LogP contribution is 2.22. The van der Waals surface area contributed by atoms with Gasteiger partial charge in [-0.25, -0.2) is 0 Å². The summed E-state index contributed by atoms with van der Waals surface area (Å²) in [5, 5.41) is 11.8. The normalized spacial score (nSPS) is 10.6. The van der Waals surface area contributed by atoms with Crippen LogP contribution in [0.2, 0.25) is 0 Å². The van der Waals surface area contributed by atoms with Gasteiger partial charge < -0.3 is 10.1 Å². The molecule has 0 fully saturated rings. The van der Waals surface area contributed by atoms with Gasteiger partial charge in [0, 0.05) is 23.0 Å². The molecule has 3 rings (SSSR count). The molecular formula is C19H19BrN4O2S. The Morgan fingerprint density at radius 1 is 1.11 bits per heavy atom. The first-order valence-corrected chi connectivity index (χ1v) is 10.2. The van der Waals surface area contributed by atoms with Crippen molar-refractivity contribution in [1.29, 1.82) is 0 Å². The highest BCUT2D eigenvalue weighted by atomic mass is 79.9.